The second kappa shape index (κ2) is 5.64. The molecule has 0 amide bonds. The highest BCUT2D eigenvalue weighted by molar-refractivity contribution is 5.46. The van der Waals surface area contributed by atoms with E-state index in [1.54, 1.807) is 23.5 Å². The number of aromatic nitrogens is 5. The second-order valence-electron chi connectivity index (χ2n) is 6.34. The molecule has 2 atom stereocenters. The molecular formula is C15H21N7. The number of rotatable bonds is 4. The Morgan fingerprint density at radius 2 is 1.77 bits per heavy atom. The fourth-order valence-corrected chi connectivity index (χ4v) is 3.76. The lowest BCUT2D eigenvalue weighted by Gasteiger charge is -2.23. The molecule has 0 spiro atoms. The molecule has 22 heavy (non-hydrogen) atoms. The zero-order valence-corrected chi connectivity index (χ0v) is 12.8. The van der Waals surface area contributed by atoms with Gasteiger partial charge in [-0.25, -0.2) is 9.97 Å². The van der Waals surface area contributed by atoms with Gasteiger partial charge in [0, 0.05) is 44.5 Å². The van der Waals surface area contributed by atoms with Crippen molar-refractivity contribution in [3.63, 3.8) is 0 Å². The fraction of sp³-hybridized carbons (Fsp3) is 0.600. The summed E-state index contributed by atoms with van der Waals surface area (Å²) in [5, 5.41) is 8.33. The van der Waals surface area contributed by atoms with Gasteiger partial charge in [0.15, 0.2) is 0 Å². The summed E-state index contributed by atoms with van der Waals surface area (Å²) in [7, 11) is 0. The molecule has 0 bridgehead atoms. The van der Waals surface area contributed by atoms with E-state index in [1.165, 1.54) is 18.7 Å². The summed E-state index contributed by atoms with van der Waals surface area (Å²) in [6.07, 6.45) is 7.03. The molecule has 2 aliphatic rings. The first-order chi connectivity index (χ1) is 10.8. The van der Waals surface area contributed by atoms with E-state index in [9.17, 15) is 0 Å². The SMILES string of the molecule is Cc1cncnc1N1CC2CN(CCn3nccn3)CC2C1. The van der Waals surface area contributed by atoms with Gasteiger partial charge in [-0.15, -0.1) is 0 Å². The lowest BCUT2D eigenvalue weighted by molar-refractivity contribution is 0.289. The average molecular weight is 299 g/mol. The van der Waals surface area contributed by atoms with Gasteiger partial charge in [0.1, 0.15) is 12.1 Å². The maximum Gasteiger partial charge on any atom is 0.134 e. The first kappa shape index (κ1) is 13.6. The number of likely N-dealkylation sites (tertiary alicyclic amines) is 1. The van der Waals surface area contributed by atoms with Crippen LogP contribution in [0.1, 0.15) is 5.56 Å². The van der Waals surface area contributed by atoms with E-state index in [1.807, 2.05) is 6.20 Å². The Labute approximate surface area is 130 Å². The summed E-state index contributed by atoms with van der Waals surface area (Å²) in [6.45, 7) is 8.57. The van der Waals surface area contributed by atoms with Gasteiger partial charge < -0.3 is 9.80 Å². The Balaban J connectivity index is 1.34. The van der Waals surface area contributed by atoms with Gasteiger partial charge in [-0.2, -0.15) is 15.0 Å². The van der Waals surface area contributed by atoms with Crippen LogP contribution in [0.3, 0.4) is 0 Å². The van der Waals surface area contributed by atoms with E-state index in [2.05, 4.69) is 36.9 Å². The summed E-state index contributed by atoms with van der Waals surface area (Å²) in [5.74, 6) is 2.61. The molecule has 2 saturated heterocycles. The third-order valence-corrected chi connectivity index (χ3v) is 4.81. The molecule has 116 valence electrons. The molecule has 0 radical (unpaired) electrons. The fourth-order valence-electron chi connectivity index (χ4n) is 3.76. The number of aryl methyl sites for hydroxylation is 1. The van der Waals surface area contributed by atoms with Crippen molar-refractivity contribution in [3.8, 4) is 0 Å². The largest absolute Gasteiger partial charge is 0.356 e. The molecule has 2 aliphatic heterocycles. The van der Waals surface area contributed by atoms with E-state index < -0.39 is 0 Å². The standard InChI is InChI=1S/C15H21N7/c1-12-6-16-11-17-15(12)21-9-13-7-20(8-14(13)10-21)4-5-22-18-2-3-19-22/h2-3,6,11,13-14H,4-5,7-10H2,1H3. The Hall–Kier alpha value is -2.02. The molecule has 2 unspecified atom stereocenters. The summed E-state index contributed by atoms with van der Waals surface area (Å²) in [5.41, 5.74) is 1.17. The van der Waals surface area contributed by atoms with Crippen LogP contribution >= 0.6 is 0 Å². The van der Waals surface area contributed by atoms with Gasteiger partial charge in [-0.1, -0.05) is 0 Å². The topological polar surface area (TPSA) is 63.0 Å². The van der Waals surface area contributed by atoms with E-state index in [0.717, 1.165) is 43.8 Å². The first-order valence-electron chi connectivity index (χ1n) is 7.87. The van der Waals surface area contributed by atoms with Crippen LogP contribution in [0.15, 0.2) is 24.9 Å². The Morgan fingerprint density at radius 3 is 2.45 bits per heavy atom. The molecule has 2 aromatic rings. The maximum absolute atomic E-state index is 4.46. The molecule has 4 rings (SSSR count). The Kier molecular flexibility index (Phi) is 3.49. The molecule has 2 aromatic heterocycles. The van der Waals surface area contributed by atoms with Crippen LogP contribution in [0.4, 0.5) is 5.82 Å². The third kappa shape index (κ3) is 2.56. The predicted molar refractivity (Wildman–Crippen MR) is 82.4 cm³/mol. The van der Waals surface area contributed by atoms with Crippen LogP contribution in [0.25, 0.3) is 0 Å². The minimum Gasteiger partial charge on any atom is -0.356 e. The molecule has 0 aliphatic carbocycles. The lowest BCUT2D eigenvalue weighted by atomic mass is 10.0. The zero-order valence-electron chi connectivity index (χ0n) is 12.8. The quantitative estimate of drug-likeness (QED) is 0.816. The monoisotopic (exact) mass is 299 g/mol. The number of hydrogen-bond acceptors (Lipinski definition) is 6. The van der Waals surface area contributed by atoms with Gasteiger partial charge in [0.25, 0.3) is 0 Å². The number of fused-ring (bicyclic) bond motifs is 1. The molecule has 0 aromatic carbocycles. The minimum absolute atomic E-state index is 0.750. The van der Waals surface area contributed by atoms with Gasteiger partial charge >= 0.3 is 0 Å². The molecule has 2 fully saturated rings. The van der Waals surface area contributed by atoms with E-state index in [0.29, 0.717) is 0 Å². The van der Waals surface area contributed by atoms with Crippen LogP contribution in [0.5, 0.6) is 0 Å². The smallest absolute Gasteiger partial charge is 0.134 e. The minimum atomic E-state index is 0.750. The van der Waals surface area contributed by atoms with Crippen LogP contribution in [0, 0.1) is 18.8 Å². The van der Waals surface area contributed by atoms with Crippen molar-refractivity contribution >= 4 is 5.82 Å². The lowest BCUT2D eigenvalue weighted by Crippen LogP contribution is -2.31. The Morgan fingerprint density at radius 1 is 1.05 bits per heavy atom. The highest BCUT2D eigenvalue weighted by atomic mass is 15.5. The molecule has 0 N–H and O–H groups in total. The van der Waals surface area contributed by atoms with E-state index in [-0.39, 0.29) is 0 Å². The second-order valence-corrected chi connectivity index (χ2v) is 6.34. The highest BCUT2D eigenvalue weighted by Gasteiger charge is 2.40. The molecular weight excluding hydrogens is 278 g/mol. The van der Waals surface area contributed by atoms with Gasteiger partial charge in [0.2, 0.25) is 0 Å². The van der Waals surface area contributed by atoms with Gasteiger partial charge in [-0.3, -0.25) is 0 Å². The van der Waals surface area contributed by atoms with E-state index in [4.69, 9.17) is 0 Å². The van der Waals surface area contributed by atoms with E-state index >= 15 is 0 Å². The van der Waals surface area contributed by atoms with Gasteiger partial charge in [0.05, 0.1) is 18.9 Å². The van der Waals surface area contributed by atoms with Gasteiger partial charge in [-0.05, 0) is 18.8 Å². The number of nitrogens with zero attached hydrogens (tertiary/aromatic N) is 7. The zero-order chi connectivity index (χ0) is 14.9. The molecule has 4 heterocycles. The third-order valence-electron chi connectivity index (χ3n) is 4.81. The van der Waals surface area contributed by atoms with Crippen LogP contribution < -0.4 is 4.90 Å². The normalized spacial score (nSPS) is 24.9. The van der Waals surface area contributed by atoms with Crippen molar-refractivity contribution < 1.29 is 0 Å². The summed E-state index contributed by atoms with van der Waals surface area (Å²) in [4.78, 5) is 15.3. The first-order valence-corrected chi connectivity index (χ1v) is 7.87. The van der Waals surface area contributed by atoms with Crippen molar-refractivity contribution in [2.24, 2.45) is 11.8 Å². The molecule has 7 nitrogen and oxygen atoms in total. The van der Waals surface area contributed by atoms with Crippen molar-refractivity contribution in [3.05, 3.63) is 30.5 Å². The maximum atomic E-state index is 4.46. The summed E-state index contributed by atoms with van der Waals surface area (Å²) in [6, 6.07) is 0. The molecule has 7 heteroatoms. The Bertz CT molecular complexity index is 613. The van der Waals surface area contributed by atoms with Crippen molar-refractivity contribution in [1.82, 2.24) is 29.9 Å². The molecule has 0 saturated carbocycles. The van der Waals surface area contributed by atoms with Crippen LogP contribution in [-0.2, 0) is 6.54 Å². The number of anilines is 1. The predicted octanol–water partition coefficient (Wildman–Crippen LogP) is 0.445. The average Bonchev–Trinajstić information content (AvgIpc) is 3.21. The highest BCUT2D eigenvalue weighted by Crippen LogP contribution is 2.33. The summed E-state index contributed by atoms with van der Waals surface area (Å²) >= 11 is 0. The van der Waals surface area contributed by atoms with Crippen LogP contribution in [0.2, 0.25) is 0 Å². The van der Waals surface area contributed by atoms with Crippen molar-refractivity contribution in [1.29, 1.82) is 0 Å². The van der Waals surface area contributed by atoms with Crippen LogP contribution in [-0.4, -0.2) is 62.6 Å². The van der Waals surface area contributed by atoms with Crippen molar-refractivity contribution in [2.75, 3.05) is 37.6 Å². The van der Waals surface area contributed by atoms with Crippen molar-refractivity contribution in [2.45, 2.75) is 13.5 Å². The number of hydrogen-bond donors (Lipinski definition) is 0. The summed E-state index contributed by atoms with van der Waals surface area (Å²) < 4.78 is 0.